The van der Waals surface area contributed by atoms with Crippen molar-refractivity contribution in [2.24, 2.45) is 11.5 Å². The Labute approximate surface area is 101 Å². The average molecular weight is 251 g/mol. The summed E-state index contributed by atoms with van der Waals surface area (Å²) in [7, 11) is 0. The first kappa shape index (κ1) is 16.7. The van der Waals surface area contributed by atoms with E-state index in [0.717, 1.165) is 0 Å². The molecule has 0 aromatic rings. The quantitative estimate of drug-likeness (QED) is 0.215. The molecule has 0 aromatic heterocycles. The molecule has 0 spiro atoms. The zero-order chi connectivity index (χ0) is 13.3. The molecule has 0 heterocycles. The first-order chi connectivity index (χ1) is 7.99. The summed E-state index contributed by atoms with van der Waals surface area (Å²) < 4.78 is 0. The molecule has 9 N–H and O–H groups in total. The van der Waals surface area contributed by atoms with E-state index in [0.29, 0.717) is 0 Å². The van der Waals surface area contributed by atoms with Crippen LogP contribution in [0.25, 0.3) is 0 Å². The molecule has 0 amide bonds. The fraction of sp³-hybridized carbons (Fsp3) is 1.00. The van der Waals surface area contributed by atoms with Gasteiger partial charge in [0.2, 0.25) is 0 Å². The number of aliphatic hydroxyl groups excluding tert-OH is 4. The number of rotatable bonds is 10. The van der Waals surface area contributed by atoms with E-state index in [-0.39, 0.29) is 39.0 Å². The molecule has 0 radical (unpaired) electrons. The van der Waals surface area contributed by atoms with E-state index in [2.05, 4.69) is 5.32 Å². The van der Waals surface area contributed by atoms with E-state index >= 15 is 0 Å². The van der Waals surface area contributed by atoms with Crippen molar-refractivity contribution in [1.29, 1.82) is 0 Å². The lowest BCUT2D eigenvalue weighted by Crippen LogP contribution is -2.37. The summed E-state index contributed by atoms with van der Waals surface area (Å²) in [6, 6.07) is 0. The van der Waals surface area contributed by atoms with Crippen molar-refractivity contribution in [2.75, 3.05) is 26.2 Å². The maximum absolute atomic E-state index is 9.46. The average Bonchev–Trinajstić information content (AvgIpc) is 2.28. The highest BCUT2D eigenvalue weighted by molar-refractivity contribution is 4.70. The van der Waals surface area contributed by atoms with Gasteiger partial charge in [0.1, 0.15) is 0 Å². The number of nitrogens with one attached hydrogen (secondary N) is 1. The Bertz CT molecular complexity index is 167. The second kappa shape index (κ2) is 9.72. The van der Waals surface area contributed by atoms with Gasteiger partial charge in [-0.2, -0.15) is 0 Å². The van der Waals surface area contributed by atoms with E-state index in [9.17, 15) is 20.4 Å². The third-order valence-electron chi connectivity index (χ3n) is 2.39. The minimum atomic E-state index is -0.712. The van der Waals surface area contributed by atoms with Gasteiger partial charge in [0, 0.05) is 39.0 Å². The van der Waals surface area contributed by atoms with Crippen molar-refractivity contribution >= 4 is 0 Å². The molecule has 17 heavy (non-hydrogen) atoms. The Morgan fingerprint density at radius 3 is 1.35 bits per heavy atom. The zero-order valence-electron chi connectivity index (χ0n) is 10.00. The summed E-state index contributed by atoms with van der Waals surface area (Å²) in [5, 5.41) is 40.1. The fourth-order valence-corrected chi connectivity index (χ4v) is 1.40. The first-order valence-electron chi connectivity index (χ1n) is 5.82. The standard InChI is InChI=1S/C10H25N3O4/c11-3-7(14)1-9(16)5-13-6-10(17)2-8(15)4-12/h7-10,13-17H,1-6,11-12H2/t7-,8?,9+,10?/m0/s1. The molecule has 2 unspecified atom stereocenters. The van der Waals surface area contributed by atoms with Gasteiger partial charge >= 0.3 is 0 Å². The Morgan fingerprint density at radius 2 is 1.06 bits per heavy atom. The lowest BCUT2D eigenvalue weighted by atomic mass is 10.1. The Balaban J connectivity index is 3.55. The first-order valence-corrected chi connectivity index (χ1v) is 5.82. The van der Waals surface area contributed by atoms with Crippen LogP contribution in [0.4, 0.5) is 0 Å². The van der Waals surface area contributed by atoms with Crippen LogP contribution in [0.1, 0.15) is 12.8 Å². The van der Waals surface area contributed by atoms with Crippen LogP contribution in [0.5, 0.6) is 0 Å². The van der Waals surface area contributed by atoms with Gasteiger partial charge in [0.25, 0.3) is 0 Å². The summed E-state index contributed by atoms with van der Waals surface area (Å²) in [5.41, 5.74) is 10.4. The predicted molar refractivity (Wildman–Crippen MR) is 64.2 cm³/mol. The smallest absolute Gasteiger partial charge is 0.0689 e. The van der Waals surface area contributed by atoms with E-state index in [1.54, 1.807) is 0 Å². The van der Waals surface area contributed by atoms with E-state index in [1.807, 2.05) is 0 Å². The molecule has 0 fully saturated rings. The SMILES string of the molecule is NCC(O)CC(O)CNC[C@H](O)C[C@H](O)CN. The molecule has 104 valence electrons. The van der Waals surface area contributed by atoms with E-state index in [1.165, 1.54) is 0 Å². The molecule has 0 aliphatic carbocycles. The highest BCUT2D eigenvalue weighted by Crippen LogP contribution is 1.98. The van der Waals surface area contributed by atoms with Gasteiger partial charge < -0.3 is 37.2 Å². The molecule has 0 aliphatic heterocycles. The Hall–Kier alpha value is -0.280. The molecule has 7 heteroatoms. The van der Waals surface area contributed by atoms with Crippen molar-refractivity contribution in [2.45, 2.75) is 37.3 Å². The summed E-state index contributed by atoms with van der Waals surface area (Å²) in [4.78, 5) is 0. The largest absolute Gasteiger partial charge is 0.392 e. The number of aliphatic hydroxyl groups is 4. The summed E-state index contributed by atoms with van der Waals surface area (Å²) in [6.45, 7) is 0.741. The van der Waals surface area contributed by atoms with Crippen molar-refractivity contribution in [3.63, 3.8) is 0 Å². The van der Waals surface area contributed by atoms with Gasteiger partial charge in [-0.3, -0.25) is 0 Å². The van der Waals surface area contributed by atoms with Crippen LogP contribution in [0, 0.1) is 0 Å². The van der Waals surface area contributed by atoms with E-state index < -0.39 is 24.4 Å². The normalized spacial score (nSPS) is 18.7. The van der Waals surface area contributed by atoms with Crippen LogP contribution in [0.15, 0.2) is 0 Å². The zero-order valence-corrected chi connectivity index (χ0v) is 10.00. The van der Waals surface area contributed by atoms with Gasteiger partial charge in [0.05, 0.1) is 24.4 Å². The Kier molecular flexibility index (Phi) is 9.56. The van der Waals surface area contributed by atoms with Crippen molar-refractivity contribution in [3.8, 4) is 0 Å². The van der Waals surface area contributed by atoms with Gasteiger partial charge in [0.15, 0.2) is 0 Å². The van der Waals surface area contributed by atoms with Gasteiger partial charge in [-0.15, -0.1) is 0 Å². The van der Waals surface area contributed by atoms with Gasteiger partial charge in [-0.05, 0) is 0 Å². The van der Waals surface area contributed by atoms with Crippen LogP contribution < -0.4 is 16.8 Å². The van der Waals surface area contributed by atoms with Crippen molar-refractivity contribution < 1.29 is 20.4 Å². The lowest BCUT2D eigenvalue weighted by Gasteiger charge is -2.18. The highest BCUT2D eigenvalue weighted by atomic mass is 16.3. The minimum Gasteiger partial charge on any atom is -0.392 e. The fourth-order valence-electron chi connectivity index (χ4n) is 1.40. The highest BCUT2D eigenvalue weighted by Gasteiger charge is 2.13. The Morgan fingerprint density at radius 1 is 0.706 bits per heavy atom. The van der Waals surface area contributed by atoms with Crippen LogP contribution >= 0.6 is 0 Å². The summed E-state index contributed by atoms with van der Waals surface area (Å²) in [6.07, 6.45) is -2.44. The summed E-state index contributed by atoms with van der Waals surface area (Å²) >= 11 is 0. The molecule has 0 saturated carbocycles. The molecular formula is C10H25N3O4. The van der Waals surface area contributed by atoms with Crippen LogP contribution in [-0.4, -0.2) is 71.0 Å². The van der Waals surface area contributed by atoms with Crippen LogP contribution in [-0.2, 0) is 0 Å². The maximum Gasteiger partial charge on any atom is 0.0689 e. The molecule has 0 bridgehead atoms. The number of nitrogens with two attached hydrogens (primary N) is 2. The molecular weight excluding hydrogens is 226 g/mol. The van der Waals surface area contributed by atoms with Gasteiger partial charge in [-0.25, -0.2) is 0 Å². The minimum absolute atomic E-state index is 0.113. The predicted octanol–water partition coefficient (Wildman–Crippen LogP) is -3.28. The van der Waals surface area contributed by atoms with Crippen LogP contribution in [0.3, 0.4) is 0 Å². The monoisotopic (exact) mass is 251 g/mol. The van der Waals surface area contributed by atoms with Crippen molar-refractivity contribution in [1.82, 2.24) is 5.32 Å². The van der Waals surface area contributed by atoms with Gasteiger partial charge in [-0.1, -0.05) is 0 Å². The number of hydrogen-bond donors (Lipinski definition) is 7. The number of hydrogen-bond acceptors (Lipinski definition) is 7. The second-order valence-corrected chi connectivity index (χ2v) is 4.22. The van der Waals surface area contributed by atoms with E-state index in [4.69, 9.17) is 11.5 Å². The lowest BCUT2D eigenvalue weighted by molar-refractivity contribution is 0.0701. The molecule has 0 rings (SSSR count). The molecule has 0 aliphatic rings. The topological polar surface area (TPSA) is 145 Å². The summed E-state index contributed by atoms with van der Waals surface area (Å²) in [5.74, 6) is 0. The molecule has 4 atom stereocenters. The molecule has 0 aromatic carbocycles. The molecule has 0 saturated heterocycles. The third kappa shape index (κ3) is 9.42. The maximum atomic E-state index is 9.46. The second-order valence-electron chi connectivity index (χ2n) is 4.22. The molecule has 7 nitrogen and oxygen atoms in total. The van der Waals surface area contributed by atoms with Crippen LogP contribution in [0.2, 0.25) is 0 Å². The third-order valence-corrected chi connectivity index (χ3v) is 2.39. The van der Waals surface area contributed by atoms with Crippen molar-refractivity contribution in [3.05, 3.63) is 0 Å².